The van der Waals surface area contributed by atoms with E-state index >= 15 is 0 Å². The number of phenolic OH excluding ortho intramolecular Hbond substituents is 1. The van der Waals surface area contributed by atoms with Gasteiger partial charge < -0.3 is 20.5 Å². The second-order valence-corrected chi connectivity index (χ2v) is 13.6. The molecule has 1 heterocycles. The van der Waals surface area contributed by atoms with Crippen LogP contribution in [0.4, 0.5) is 5.69 Å². The number of esters is 1. The molecule has 4 rings (SSSR count). The zero-order chi connectivity index (χ0) is 33.4. The Bertz CT molecular complexity index is 1590. The Morgan fingerprint density at radius 2 is 1.59 bits per heavy atom. The van der Waals surface area contributed by atoms with E-state index in [-0.39, 0.29) is 24.9 Å². The van der Waals surface area contributed by atoms with Crippen LogP contribution >= 0.6 is 23.2 Å². The zero-order valence-electron chi connectivity index (χ0n) is 25.4. The lowest BCUT2D eigenvalue weighted by Gasteiger charge is -2.49. The van der Waals surface area contributed by atoms with E-state index in [0.717, 1.165) is 11.1 Å². The van der Waals surface area contributed by atoms with Crippen molar-refractivity contribution >= 4 is 56.7 Å². The maximum atomic E-state index is 13.8. The standard InChI is InChI=1S/C32H36Cl2N4O7S/c1-3-45-30(41)18-29(40)36-21(2)32(42)35-15-16-46(43,44)38(26-5-4-6-28(39)17-26)27-19-37(20-27)31(22-7-11-24(33)12-8-22)23-9-13-25(34)14-10-23/h4-14,17,21,27,31,39H,3,15-16,18-20H2,1-2H3,(H,35,42)(H,36,40). The van der Waals surface area contributed by atoms with Gasteiger partial charge >= 0.3 is 5.97 Å². The highest BCUT2D eigenvalue weighted by molar-refractivity contribution is 7.92. The molecule has 0 bridgehead atoms. The van der Waals surface area contributed by atoms with Gasteiger partial charge in [0.2, 0.25) is 21.8 Å². The number of carbonyl (C=O) groups is 3. The molecule has 0 saturated carbocycles. The highest BCUT2D eigenvalue weighted by Gasteiger charge is 2.42. The number of hydrogen-bond donors (Lipinski definition) is 3. The lowest BCUT2D eigenvalue weighted by molar-refractivity contribution is -0.146. The molecule has 3 aromatic rings. The number of ether oxygens (including phenoxy) is 1. The summed E-state index contributed by atoms with van der Waals surface area (Å²) in [7, 11) is -4.01. The molecular weight excluding hydrogens is 655 g/mol. The summed E-state index contributed by atoms with van der Waals surface area (Å²) in [5.41, 5.74) is 2.25. The zero-order valence-corrected chi connectivity index (χ0v) is 27.7. The van der Waals surface area contributed by atoms with E-state index in [1.165, 1.54) is 23.4 Å². The molecule has 14 heteroatoms. The summed E-state index contributed by atoms with van der Waals surface area (Å²) < 4.78 is 33.6. The van der Waals surface area contributed by atoms with Gasteiger partial charge in [-0.3, -0.25) is 23.6 Å². The third-order valence-electron chi connectivity index (χ3n) is 7.38. The number of sulfonamides is 1. The Kier molecular flexibility index (Phi) is 11.9. The van der Waals surface area contributed by atoms with Gasteiger partial charge in [0.15, 0.2) is 0 Å². The highest BCUT2D eigenvalue weighted by Crippen LogP contribution is 2.37. The van der Waals surface area contributed by atoms with Crippen molar-refractivity contribution in [1.29, 1.82) is 0 Å². The average molecular weight is 692 g/mol. The van der Waals surface area contributed by atoms with Crippen molar-refractivity contribution in [3.05, 3.63) is 94.0 Å². The normalized spacial score (nSPS) is 14.3. The first kappa shape index (κ1) is 35.0. The molecule has 3 N–H and O–H groups in total. The molecule has 3 aromatic carbocycles. The number of aromatic hydroxyl groups is 1. The van der Waals surface area contributed by atoms with Crippen molar-refractivity contribution in [3.8, 4) is 5.75 Å². The van der Waals surface area contributed by atoms with Crippen LogP contribution in [-0.2, 0) is 29.1 Å². The largest absolute Gasteiger partial charge is 0.508 e. The SMILES string of the molecule is CCOC(=O)CC(=O)NC(C)C(=O)NCCS(=O)(=O)N(c1cccc(O)c1)C1CN(C(c2ccc(Cl)cc2)c2ccc(Cl)cc2)C1. The number of anilines is 1. The lowest BCUT2D eigenvalue weighted by atomic mass is 9.93. The van der Waals surface area contributed by atoms with Gasteiger partial charge in [-0.25, -0.2) is 8.42 Å². The van der Waals surface area contributed by atoms with Gasteiger partial charge in [-0.05, 0) is 61.4 Å². The molecule has 1 aliphatic rings. The molecule has 46 heavy (non-hydrogen) atoms. The van der Waals surface area contributed by atoms with Crippen molar-refractivity contribution in [2.24, 2.45) is 0 Å². The maximum absolute atomic E-state index is 13.8. The Hall–Kier alpha value is -3.84. The second-order valence-electron chi connectivity index (χ2n) is 10.8. The van der Waals surface area contributed by atoms with E-state index in [0.29, 0.717) is 28.8 Å². The van der Waals surface area contributed by atoms with E-state index in [1.54, 1.807) is 19.1 Å². The quantitative estimate of drug-likeness (QED) is 0.171. The van der Waals surface area contributed by atoms with Gasteiger partial charge in [0.25, 0.3) is 0 Å². The van der Waals surface area contributed by atoms with Crippen LogP contribution in [0.1, 0.15) is 37.4 Å². The molecule has 2 amide bonds. The maximum Gasteiger partial charge on any atom is 0.315 e. The number of amides is 2. The van der Waals surface area contributed by atoms with Gasteiger partial charge in [0.05, 0.1) is 30.1 Å². The van der Waals surface area contributed by atoms with Crippen LogP contribution in [0.25, 0.3) is 0 Å². The predicted molar refractivity (Wildman–Crippen MR) is 176 cm³/mol. The number of phenols is 1. The molecule has 11 nitrogen and oxygen atoms in total. The van der Waals surface area contributed by atoms with Crippen LogP contribution in [0.3, 0.4) is 0 Å². The lowest BCUT2D eigenvalue weighted by Crippen LogP contribution is -2.62. The summed E-state index contributed by atoms with van der Waals surface area (Å²) in [6.07, 6.45) is -0.534. The molecule has 0 spiro atoms. The number of benzene rings is 3. The fourth-order valence-corrected chi connectivity index (χ4v) is 7.07. The minimum absolute atomic E-state index is 0.0882. The van der Waals surface area contributed by atoms with Crippen molar-refractivity contribution in [3.63, 3.8) is 0 Å². The summed E-state index contributed by atoms with van der Waals surface area (Å²) in [4.78, 5) is 38.3. The van der Waals surface area contributed by atoms with E-state index in [4.69, 9.17) is 27.9 Å². The second kappa shape index (κ2) is 15.6. The first-order valence-corrected chi connectivity index (χ1v) is 17.0. The smallest absolute Gasteiger partial charge is 0.315 e. The molecule has 0 aliphatic carbocycles. The van der Waals surface area contributed by atoms with E-state index < -0.39 is 52.1 Å². The monoisotopic (exact) mass is 690 g/mol. The van der Waals surface area contributed by atoms with E-state index in [2.05, 4.69) is 15.5 Å². The number of likely N-dealkylation sites (tertiary alicyclic amines) is 1. The van der Waals surface area contributed by atoms with Crippen molar-refractivity contribution in [2.45, 2.75) is 38.4 Å². The van der Waals surface area contributed by atoms with Crippen LogP contribution in [0.15, 0.2) is 72.8 Å². The Morgan fingerprint density at radius 1 is 1.00 bits per heavy atom. The molecule has 246 valence electrons. The minimum atomic E-state index is -4.01. The molecule has 0 radical (unpaired) electrons. The molecule has 0 aromatic heterocycles. The first-order valence-electron chi connectivity index (χ1n) is 14.7. The summed E-state index contributed by atoms with van der Waals surface area (Å²) in [6.45, 7) is 3.68. The van der Waals surface area contributed by atoms with E-state index in [9.17, 15) is 27.9 Å². The van der Waals surface area contributed by atoms with Gasteiger partial charge in [-0.1, -0.05) is 53.5 Å². The van der Waals surface area contributed by atoms with Crippen LogP contribution in [0.5, 0.6) is 5.75 Å². The van der Waals surface area contributed by atoms with Crippen molar-refractivity contribution in [2.75, 3.05) is 36.3 Å². The van der Waals surface area contributed by atoms with Crippen LogP contribution in [0.2, 0.25) is 10.0 Å². The Labute approximate surface area is 278 Å². The number of carbonyl (C=O) groups excluding carboxylic acids is 3. The third kappa shape index (κ3) is 9.12. The highest BCUT2D eigenvalue weighted by atomic mass is 35.5. The van der Waals surface area contributed by atoms with Gasteiger partial charge in [-0.15, -0.1) is 0 Å². The van der Waals surface area contributed by atoms with Crippen molar-refractivity contribution < 1.29 is 32.6 Å². The van der Waals surface area contributed by atoms with Crippen LogP contribution < -0.4 is 14.9 Å². The summed E-state index contributed by atoms with van der Waals surface area (Å²) in [5.74, 6) is -2.54. The number of halogens is 2. The first-order chi connectivity index (χ1) is 21.9. The molecular formula is C32H36Cl2N4O7S. The fourth-order valence-electron chi connectivity index (χ4n) is 5.24. The van der Waals surface area contributed by atoms with Crippen LogP contribution in [-0.4, -0.2) is 80.3 Å². The van der Waals surface area contributed by atoms with Gasteiger partial charge in [0, 0.05) is 35.7 Å². The number of nitrogens with zero attached hydrogens (tertiary/aromatic N) is 2. The fraction of sp³-hybridized carbons (Fsp3) is 0.344. The predicted octanol–water partition coefficient (Wildman–Crippen LogP) is 3.88. The molecule has 1 unspecified atom stereocenters. The van der Waals surface area contributed by atoms with E-state index in [1.807, 2.05) is 48.5 Å². The third-order valence-corrected chi connectivity index (χ3v) is 9.72. The summed E-state index contributed by atoms with van der Waals surface area (Å²) >= 11 is 12.3. The average Bonchev–Trinajstić information content (AvgIpc) is 2.97. The molecule has 1 saturated heterocycles. The molecule has 1 aliphatic heterocycles. The molecule has 1 fully saturated rings. The number of nitrogens with one attached hydrogen (secondary N) is 2. The van der Waals surface area contributed by atoms with Gasteiger partial charge in [0.1, 0.15) is 18.2 Å². The number of hydrogen-bond acceptors (Lipinski definition) is 8. The molecule has 1 atom stereocenters. The van der Waals surface area contributed by atoms with Crippen molar-refractivity contribution in [1.82, 2.24) is 15.5 Å². The Morgan fingerprint density at radius 3 is 2.13 bits per heavy atom. The summed E-state index contributed by atoms with van der Waals surface area (Å²) in [5, 5.41) is 16.3. The minimum Gasteiger partial charge on any atom is -0.508 e. The van der Waals surface area contributed by atoms with Crippen LogP contribution in [0, 0.1) is 0 Å². The number of rotatable bonds is 14. The summed E-state index contributed by atoms with van der Waals surface area (Å²) in [6, 6.07) is 19.3. The topological polar surface area (TPSA) is 145 Å². The van der Waals surface area contributed by atoms with Gasteiger partial charge in [-0.2, -0.15) is 0 Å². The Balaban J connectivity index is 1.46.